The van der Waals surface area contributed by atoms with Crippen LogP contribution in [0.15, 0.2) is 76.5 Å². The molecular weight excluding hydrogens is 450 g/mol. The smallest absolute Gasteiger partial charge is 0.231 e. The van der Waals surface area contributed by atoms with E-state index in [4.69, 9.17) is 9.40 Å². The first-order valence-electron chi connectivity index (χ1n) is 10.7. The van der Waals surface area contributed by atoms with Crippen molar-refractivity contribution in [1.82, 2.24) is 34.9 Å². The van der Waals surface area contributed by atoms with Crippen molar-refractivity contribution in [1.29, 1.82) is 0 Å². The Labute approximate surface area is 197 Å². The molecule has 4 heterocycles. The largest absolute Gasteiger partial charge is 0.461 e. The maximum atomic E-state index is 12.7. The van der Waals surface area contributed by atoms with Crippen LogP contribution in [-0.4, -0.2) is 41.2 Å². The van der Waals surface area contributed by atoms with E-state index in [1.807, 2.05) is 72.0 Å². The number of nitrogens with one attached hydrogen (secondary N) is 2. The quantitative estimate of drug-likeness (QED) is 0.348. The van der Waals surface area contributed by atoms with E-state index in [1.54, 1.807) is 6.26 Å². The predicted molar refractivity (Wildman–Crippen MR) is 129 cm³/mol. The number of imidazole rings is 1. The number of furan rings is 1. The number of hydrogen-bond donors (Lipinski definition) is 2. The number of carbonyl (C=O) groups is 1. The van der Waals surface area contributed by atoms with Crippen molar-refractivity contribution < 1.29 is 9.21 Å². The topological polar surface area (TPSA) is 114 Å². The molecule has 4 aromatic heterocycles. The fourth-order valence-corrected chi connectivity index (χ4v) is 4.63. The van der Waals surface area contributed by atoms with Gasteiger partial charge in [-0.1, -0.05) is 36.0 Å². The van der Waals surface area contributed by atoms with Crippen LogP contribution in [0, 0.1) is 0 Å². The molecule has 10 heteroatoms. The standard InChI is InChI=1S/C24H19N7O2S/c1-14(21-26-17-9-4-5-10-18(17)27-21)25-20(32)13-34-24-30-29-22-15-7-2-3-8-16(15)28-23(31(22)24)19-11-6-12-33-19/h2-12,14H,13H2,1H3,(H,25,32)(H,26,27). The number of nitrogens with zero attached hydrogens (tertiary/aromatic N) is 5. The molecule has 1 unspecified atom stereocenters. The summed E-state index contributed by atoms with van der Waals surface area (Å²) in [6, 6.07) is 18.9. The monoisotopic (exact) mass is 469 g/mol. The van der Waals surface area contributed by atoms with E-state index in [0.29, 0.717) is 28.2 Å². The van der Waals surface area contributed by atoms with Gasteiger partial charge in [0.1, 0.15) is 5.82 Å². The first-order chi connectivity index (χ1) is 16.7. The van der Waals surface area contributed by atoms with Crippen LogP contribution in [0.2, 0.25) is 0 Å². The van der Waals surface area contributed by atoms with Gasteiger partial charge in [0, 0.05) is 5.39 Å². The number of carbonyl (C=O) groups excluding carboxylic acids is 1. The molecule has 34 heavy (non-hydrogen) atoms. The van der Waals surface area contributed by atoms with Crippen LogP contribution in [-0.2, 0) is 4.79 Å². The Morgan fingerprint density at radius 2 is 1.88 bits per heavy atom. The van der Waals surface area contributed by atoms with E-state index in [-0.39, 0.29) is 17.7 Å². The van der Waals surface area contributed by atoms with Crippen LogP contribution in [0.25, 0.3) is 39.2 Å². The molecule has 2 N–H and O–H groups in total. The first kappa shape index (κ1) is 20.4. The fourth-order valence-electron chi connectivity index (χ4n) is 3.88. The summed E-state index contributed by atoms with van der Waals surface area (Å²) in [6.07, 6.45) is 1.60. The number of amides is 1. The third-order valence-electron chi connectivity index (χ3n) is 5.49. The Morgan fingerprint density at radius 3 is 2.71 bits per heavy atom. The number of benzene rings is 2. The van der Waals surface area contributed by atoms with Crippen LogP contribution in [0.3, 0.4) is 0 Å². The Kier molecular flexibility index (Phi) is 4.99. The minimum atomic E-state index is -0.264. The average Bonchev–Trinajstić information content (AvgIpc) is 3.62. The number of para-hydroxylation sites is 3. The molecule has 168 valence electrons. The first-order valence-corrected chi connectivity index (χ1v) is 11.7. The normalized spacial score (nSPS) is 12.5. The second-order valence-electron chi connectivity index (χ2n) is 7.79. The molecule has 0 bridgehead atoms. The summed E-state index contributed by atoms with van der Waals surface area (Å²) < 4.78 is 7.45. The van der Waals surface area contributed by atoms with Crippen molar-refractivity contribution in [3.8, 4) is 11.6 Å². The van der Waals surface area contributed by atoms with Gasteiger partial charge in [0.2, 0.25) is 5.91 Å². The van der Waals surface area contributed by atoms with Gasteiger partial charge in [-0.25, -0.2) is 9.97 Å². The average molecular weight is 470 g/mol. The Balaban J connectivity index is 1.26. The summed E-state index contributed by atoms with van der Waals surface area (Å²) in [5, 5.41) is 13.2. The summed E-state index contributed by atoms with van der Waals surface area (Å²) in [7, 11) is 0. The van der Waals surface area contributed by atoms with Crippen LogP contribution in [0.4, 0.5) is 0 Å². The fraction of sp³-hybridized carbons (Fsp3) is 0.125. The maximum Gasteiger partial charge on any atom is 0.231 e. The lowest BCUT2D eigenvalue weighted by atomic mass is 10.2. The highest BCUT2D eigenvalue weighted by Crippen LogP contribution is 2.29. The van der Waals surface area contributed by atoms with Crippen molar-refractivity contribution in [3.05, 3.63) is 72.8 Å². The lowest BCUT2D eigenvalue weighted by molar-refractivity contribution is -0.119. The molecule has 9 nitrogen and oxygen atoms in total. The number of hydrogen-bond acceptors (Lipinski definition) is 7. The highest BCUT2D eigenvalue weighted by Gasteiger charge is 2.20. The van der Waals surface area contributed by atoms with Crippen LogP contribution in [0.1, 0.15) is 18.8 Å². The number of thioether (sulfide) groups is 1. The maximum absolute atomic E-state index is 12.7. The van der Waals surface area contributed by atoms with Gasteiger partial charge in [0.15, 0.2) is 22.4 Å². The zero-order valence-electron chi connectivity index (χ0n) is 18.1. The molecule has 0 saturated carbocycles. The van der Waals surface area contributed by atoms with Gasteiger partial charge in [0.05, 0.1) is 34.6 Å². The van der Waals surface area contributed by atoms with Gasteiger partial charge in [-0.3, -0.25) is 9.20 Å². The minimum absolute atomic E-state index is 0.136. The van der Waals surface area contributed by atoms with Crippen molar-refractivity contribution in [2.45, 2.75) is 18.1 Å². The molecule has 1 atom stereocenters. The van der Waals surface area contributed by atoms with Gasteiger partial charge >= 0.3 is 0 Å². The van der Waals surface area contributed by atoms with Gasteiger partial charge in [-0.05, 0) is 43.3 Å². The summed E-state index contributed by atoms with van der Waals surface area (Å²) >= 11 is 1.29. The van der Waals surface area contributed by atoms with Gasteiger partial charge < -0.3 is 14.7 Å². The van der Waals surface area contributed by atoms with Gasteiger partial charge in [0.25, 0.3) is 0 Å². The summed E-state index contributed by atoms with van der Waals surface area (Å²) in [6.45, 7) is 1.90. The van der Waals surface area contributed by atoms with Crippen molar-refractivity contribution in [2.75, 3.05) is 5.75 Å². The molecule has 6 rings (SSSR count). The van der Waals surface area contributed by atoms with E-state index >= 15 is 0 Å². The molecule has 0 saturated heterocycles. The lowest BCUT2D eigenvalue weighted by Crippen LogP contribution is -2.28. The number of aromatic amines is 1. The Hall–Kier alpha value is -4.18. The third-order valence-corrected chi connectivity index (χ3v) is 6.41. The van der Waals surface area contributed by atoms with E-state index in [2.05, 4.69) is 25.5 Å². The zero-order chi connectivity index (χ0) is 23.1. The molecule has 0 spiro atoms. The van der Waals surface area contributed by atoms with E-state index in [9.17, 15) is 4.79 Å². The molecule has 6 aromatic rings. The highest BCUT2D eigenvalue weighted by molar-refractivity contribution is 7.99. The molecule has 1 amide bonds. The van der Waals surface area contributed by atoms with Crippen molar-refractivity contribution >= 4 is 45.3 Å². The van der Waals surface area contributed by atoms with Gasteiger partial charge in [-0.15, -0.1) is 10.2 Å². The number of aromatic nitrogens is 6. The molecule has 0 aliphatic heterocycles. The summed E-state index contributed by atoms with van der Waals surface area (Å²) in [5.74, 6) is 1.92. The molecule has 2 aromatic carbocycles. The lowest BCUT2D eigenvalue weighted by Gasteiger charge is -2.11. The second kappa shape index (κ2) is 8.31. The van der Waals surface area contributed by atoms with Crippen LogP contribution >= 0.6 is 11.8 Å². The van der Waals surface area contributed by atoms with Crippen LogP contribution in [0.5, 0.6) is 0 Å². The van der Waals surface area contributed by atoms with Crippen molar-refractivity contribution in [2.24, 2.45) is 0 Å². The third kappa shape index (κ3) is 3.57. The molecule has 0 aliphatic rings. The Bertz CT molecular complexity index is 1600. The molecular formula is C24H19N7O2S. The Morgan fingerprint density at radius 1 is 1.06 bits per heavy atom. The number of rotatable bonds is 6. The summed E-state index contributed by atoms with van der Waals surface area (Å²) in [4.78, 5) is 25.3. The van der Waals surface area contributed by atoms with E-state index in [0.717, 1.165) is 21.9 Å². The molecule has 0 aliphatic carbocycles. The van der Waals surface area contributed by atoms with Crippen LogP contribution < -0.4 is 5.32 Å². The molecule has 0 fully saturated rings. The highest BCUT2D eigenvalue weighted by atomic mass is 32.2. The summed E-state index contributed by atoms with van der Waals surface area (Å²) in [5.41, 5.74) is 3.26. The van der Waals surface area contributed by atoms with E-state index < -0.39 is 0 Å². The SMILES string of the molecule is CC(NC(=O)CSc1nnc2c3ccccc3nc(-c3ccco3)n12)c1nc2ccccc2[nH]1. The van der Waals surface area contributed by atoms with Crippen molar-refractivity contribution in [3.63, 3.8) is 0 Å². The number of fused-ring (bicyclic) bond motifs is 4. The second-order valence-corrected chi connectivity index (χ2v) is 8.73. The predicted octanol–water partition coefficient (Wildman–Crippen LogP) is 4.38. The van der Waals surface area contributed by atoms with E-state index in [1.165, 1.54) is 11.8 Å². The number of H-pyrrole nitrogens is 1. The van der Waals surface area contributed by atoms with Gasteiger partial charge in [-0.2, -0.15) is 0 Å². The minimum Gasteiger partial charge on any atom is -0.461 e. The zero-order valence-corrected chi connectivity index (χ0v) is 18.9. The molecule has 0 radical (unpaired) electrons.